The summed E-state index contributed by atoms with van der Waals surface area (Å²) in [6, 6.07) is 11.6. The summed E-state index contributed by atoms with van der Waals surface area (Å²) in [4.78, 5) is 13.9. The van der Waals surface area contributed by atoms with Crippen LogP contribution in [-0.4, -0.2) is 33.2 Å². The van der Waals surface area contributed by atoms with E-state index < -0.39 is 0 Å². The molecular weight excluding hydrogens is 354 g/mol. The van der Waals surface area contributed by atoms with Crippen LogP contribution in [0.15, 0.2) is 65.2 Å². The molecule has 8 heteroatoms. The maximum atomic E-state index is 6.12. The predicted molar refractivity (Wildman–Crippen MR) is 108 cm³/mol. The van der Waals surface area contributed by atoms with E-state index in [1.807, 2.05) is 50.2 Å². The number of nitrogens with zero attached hydrogens (tertiary/aromatic N) is 5. The normalized spacial score (nSPS) is 15.7. The molecule has 140 valence electrons. The van der Waals surface area contributed by atoms with Gasteiger partial charge in [-0.1, -0.05) is 16.3 Å². The van der Waals surface area contributed by atoms with Crippen LogP contribution < -0.4 is 15.4 Å². The summed E-state index contributed by atoms with van der Waals surface area (Å²) < 4.78 is 5.80. The molecule has 1 unspecified atom stereocenters. The zero-order valence-electron chi connectivity index (χ0n) is 15.6. The van der Waals surface area contributed by atoms with Crippen molar-refractivity contribution in [3.63, 3.8) is 0 Å². The molecule has 8 nitrogen and oxygen atoms in total. The lowest BCUT2D eigenvalue weighted by Crippen LogP contribution is -3.08. The Morgan fingerprint density at radius 2 is 2.00 bits per heavy atom. The summed E-state index contributed by atoms with van der Waals surface area (Å²) in [5.74, 6) is 1.66. The fraction of sp³-hybridized carbons (Fsp3) is 0.150. The summed E-state index contributed by atoms with van der Waals surface area (Å²) in [7, 11) is 0. The van der Waals surface area contributed by atoms with Crippen LogP contribution in [0.2, 0.25) is 0 Å². The van der Waals surface area contributed by atoms with Gasteiger partial charge >= 0.3 is 0 Å². The second kappa shape index (κ2) is 7.53. The molecule has 28 heavy (non-hydrogen) atoms. The molecule has 1 aromatic carbocycles. The molecule has 0 bridgehead atoms. The van der Waals surface area contributed by atoms with E-state index in [-0.39, 0.29) is 6.10 Å². The van der Waals surface area contributed by atoms with Crippen molar-refractivity contribution in [1.82, 2.24) is 15.0 Å². The molecule has 3 N–H and O–H groups in total. The van der Waals surface area contributed by atoms with E-state index in [1.165, 1.54) is 0 Å². The fourth-order valence-electron chi connectivity index (χ4n) is 2.88. The Bertz CT molecular complexity index is 1050. The van der Waals surface area contributed by atoms with Gasteiger partial charge in [-0.2, -0.15) is 0 Å². The predicted octanol–water partition coefficient (Wildman–Crippen LogP) is 1.83. The molecule has 0 spiro atoms. The van der Waals surface area contributed by atoms with Crippen LogP contribution >= 0.6 is 0 Å². The number of anilines is 1. The molecular formula is C20H20N7O+. The van der Waals surface area contributed by atoms with Crippen molar-refractivity contribution in [2.45, 2.75) is 20.0 Å². The zero-order valence-corrected chi connectivity index (χ0v) is 15.6. The minimum Gasteiger partial charge on any atom is -0.491 e. The van der Waals surface area contributed by atoms with Gasteiger partial charge in [-0.15, -0.1) is 0 Å². The third-order valence-corrected chi connectivity index (χ3v) is 4.10. The molecule has 0 fully saturated rings. The Balaban J connectivity index is 1.70. The van der Waals surface area contributed by atoms with Gasteiger partial charge in [-0.05, 0) is 32.0 Å². The third-order valence-electron chi connectivity index (χ3n) is 4.10. The van der Waals surface area contributed by atoms with Gasteiger partial charge in [0.15, 0.2) is 11.5 Å². The highest BCUT2D eigenvalue weighted by molar-refractivity contribution is 6.00. The van der Waals surface area contributed by atoms with Crippen LogP contribution in [-0.2, 0) is 0 Å². The first-order chi connectivity index (χ1) is 13.6. The molecule has 0 saturated carbocycles. The van der Waals surface area contributed by atoms with Crippen molar-refractivity contribution in [2.24, 2.45) is 10.2 Å². The number of nitrogens with two attached hydrogens (primary N) is 1. The third kappa shape index (κ3) is 3.58. The molecule has 3 aromatic rings. The van der Waals surface area contributed by atoms with Gasteiger partial charge in [0.05, 0.1) is 18.0 Å². The SMILES string of the molecule is CC(C)Oc1cccc([NH+]2C=NN=C2c2nc(-c3cccnc3)cnc2N)c1. The molecule has 0 saturated heterocycles. The monoisotopic (exact) mass is 374 g/mol. The van der Waals surface area contributed by atoms with E-state index in [9.17, 15) is 0 Å². The highest BCUT2D eigenvalue weighted by Gasteiger charge is 2.29. The maximum Gasteiger partial charge on any atom is 0.286 e. The van der Waals surface area contributed by atoms with Crippen LogP contribution in [0.4, 0.5) is 11.5 Å². The molecule has 0 amide bonds. The Kier molecular flexibility index (Phi) is 4.77. The van der Waals surface area contributed by atoms with Crippen LogP contribution in [0.3, 0.4) is 0 Å². The first-order valence-electron chi connectivity index (χ1n) is 8.90. The average Bonchev–Trinajstić information content (AvgIpc) is 3.18. The fourth-order valence-corrected chi connectivity index (χ4v) is 2.88. The van der Waals surface area contributed by atoms with E-state index in [2.05, 4.69) is 25.2 Å². The number of ether oxygens (including phenoxy) is 1. The average molecular weight is 374 g/mol. The standard InChI is InChI=1S/C20H19N7O/c1-13(2)28-16-7-3-6-15(9-16)27-12-24-26-20(27)18-19(21)23-11-17(25-18)14-5-4-8-22-10-14/h3-13H,1-2H3,(H2,21,23)/p+1. The van der Waals surface area contributed by atoms with Gasteiger partial charge in [0, 0.05) is 30.1 Å². The lowest BCUT2D eigenvalue weighted by Gasteiger charge is -2.14. The van der Waals surface area contributed by atoms with Gasteiger partial charge in [0.2, 0.25) is 6.34 Å². The summed E-state index contributed by atoms with van der Waals surface area (Å²) >= 11 is 0. The molecule has 2 aromatic heterocycles. The number of nitrogens with one attached hydrogen (secondary N) is 1. The number of rotatable bonds is 5. The van der Waals surface area contributed by atoms with Crippen LogP contribution in [0.5, 0.6) is 5.75 Å². The molecule has 0 radical (unpaired) electrons. The van der Waals surface area contributed by atoms with Crippen molar-refractivity contribution in [3.8, 4) is 17.0 Å². The summed E-state index contributed by atoms with van der Waals surface area (Å²) in [6.07, 6.45) is 6.85. The first kappa shape index (κ1) is 17.7. The lowest BCUT2D eigenvalue weighted by atomic mass is 10.2. The van der Waals surface area contributed by atoms with Crippen molar-refractivity contribution in [3.05, 3.63) is 60.7 Å². The number of benzene rings is 1. The minimum atomic E-state index is 0.0864. The molecule has 1 atom stereocenters. The Morgan fingerprint density at radius 3 is 2.79 bits per heavy atom. The van der Waals surface area contributed by atoms with Crippen LogP contribution in [0.1, 0.15) is 19.5 Å². The van der Waals surface area contributed by atoms with Crippen molar-refractivity contribution < 1.29 is 9.64 Å². The summed E-state index contributed by atoms with van der Waals surface area (Å²) in [5, 5.41) is 8.34. The largest absolute Gasteiger partial charge is 0.491 e. The van der Waals surface area contributed by atoms with Gasteiger partial charge < -0.3 is 10.5 Å². The quantitative estimate of drug-likeness (QED) is 0.709. The van der Waals surface area contributed by atoms with Crippen molar-refractivity contribution in [1.29, 1.82) is 0 Å². The smallest absolute Gasteiger partial charge is 0.286 e. The Labute approximate surface area is 162 Å². The van der Waals surface area contributed by atoms with Gasteiger partial charge in [0.25, 0.3) is 5.84 Å². The van der Waals surface area contributed by atoms with Gasteiger partial charge in [-0.25, -0.2) is 14.9 Å². The molecule has 1 aliphatic heterocycles. The lowest BCUT2D eigenvalue weighted by molar-refractivity contribution is -0.605. The van der Waals surface area contributed by atoms with E-state index in [4.69, 9.17) is 10.5 Å². The van der Waals surface area contributed by atoms with E-state index in [0.717, 1.165) is 21.9 Å². The first-order valence-corrected chi connectivity index (χ1v) is 8.90. The van der Waals surface area contributed by atoms with Crippen LogP contribution in [0.25, 0.3) is 11.3 Å². The zero-order chi connectivity index (χ0) is 19.5. The molecule has 0 aliphatic carbocycles. The van der Waals surface area contributed by atoms with Crippen molar-refractivity contribution in [2.75, 3.05) is 5.73 Å². The summed E-state index contributed by atoms with van der Waals surface area (Å²) in [6.45, 7) is 3.98. The number of nitrogen functional groups attached to an aromatic ring is 1. The van der Waals surface area contributed by atoms with E-state index in [0.29, 0.717) is 23.0 Å². The molecule has 4 rings (SSSR count). The second-order valence-electron chi connectivity index (χ2n) is 6.53. The molecule has 1 aliphatic rings. The highest BCUT2D eigenvalue weighted by Crippen LogP contribution is 2.19. The van der Waals surface area contributed by atoms with E-state index >= 15 is 0 Å². The topological polar surface area (TPSA) is 103 Å². The van der Waals surface area contributed by atoms with E-state index in [1.54, 1.807) is 24.9 Å². The number of hydrogen-bond donors (Lipinski definition) is 2. The number of amidine groups is 1. The van der Waals surface area contributed by atoms with Crippen LogP contribution in [0, 0.1) is 0 Å². The minimum absolute atomic E-state index is 0.0864. The molecule has 3 heterocycles. The second-order valence-corrected chi connectivity index (χ2v) is 6.53. The summed E-state index contributed by atoms with van der Waals surface area (Å²) in [5.41, 5.74) is 9.05. The number of hydrogen-bond acceptors (Lipinski definition) is 7. The van der Waals surface area contributed by atoms with Gasteiger partial charge in [-0.3, -0.25) is 4.98 Å². The number of pyridine rings is 1. The number of aromatic nitrogens is 3. The Hall–Kier alpha value is -3.65. The highest BCUT2D eigenvalue weighted by atomic mass is 16.5. The maximum absolute atomic E-state index is 6.12. The Morgan fingerprint density at radius 1 is 1.11 bits per heavy atom. The van der Waals surface area contributed by atoms with Gasteiger partial charge in [0.1, 0.15) is 11.4 Å². The number of quaternary nitrogens is 1. The van der Waals surface area contributed by atoms with Crippen molar-refractivity contribution >= 4 is 23.7 Å².